The van der Waals surface area contributed by atoms with Gasteiger partial charge in [-0.2, -0.15) is 0 Å². The van der Waals surface area contributed by atoms with Crippen LogP contribution < -0.4 is 15.5 Å². The number of carbonyl (C=O) groups excluding carboxylic acids is 1. The maximum absolute atomic E-state index is 12.0. The van der Waals surface area contributed by atoms with Crippen LogP contribution in [-0.2, 0) is 6.54 Å². The van der Waals surface area contributed by atoms with E-state index in [1.54, 1.807) is 11.3 Å². The van der Waals surface area contributed by atoms with Crippen LogP contribution in [0.3, 0.4) is 0 Å². The van der Waals surface area contributed by atoms with Crippen molar-refractivity contribution >= 4 is 23.1 Å². The normalized spacial score (nSPS) is 15.4. The molecule has 1 aliphatic heterocycles. The molecule has 0 bridgehead atoms. The fourth-order valence-electron chi connectivity index (χ4n) is 2.80. The molecule has 0 saturated carbocycles. The van der Waals surface area contributed by atoms with Gasteiger partial charge in [0.2, 0.25) is 0 Å². The number of rotatable bonds is 4. The van der Waals surface area contributed by atoms with E-state index in [2.05, 4.69) is 44.8 Å². The number of piperidine rings is 1. The third kappa shape index (κ3) is 4.45. The summed E-state index contributed by atoms with van der Waals surface area (Å²) < 4.78 is 0. The molecular formula is C17H22N4OS. The first-order chi connectivity index (χ1) is 11.2. The molecule has 23 heavy (non-hydrogen) atoms. The van der Waals surface area contributed by atoms with Gasteiger partial charge in [0.1, 0.15) is 5.01 Å². The van der Waals surface area contributed by atoms with E-state index in [0.717, 1.165) is 36.6 Å². The molecule has 0 spiro atoms. The van der Waals surface area contributed by atoms with Crippen molar-refractivity contribution < 1.29 is 4.79 Å². The van der Waals surface area contributed by atoms with Crippen molar-refractivity contribution in [1.82, 2.24) is 15.6 Å². The Morgan fingerprint density at radius 2 is 2.04 bits per heavy atom. The number of benzene rings is 1. The molecule has 2 N–H and O–H groups in total. The number of urea groups is 1. The van der Waals surface area contributed by atoms with Gasteiger partial charge < -0.3 is 15.5 Å². The van der Waals surface area contributed by atoms with E-state index in [9.17, 15) is 4.79 Å². The molecule has 0 aliphatic carbocycles. The minimum Gasteiger partial charge on any atom is -0.371 e. The van der Waals surface area contributed by atoms with Gasteiger partial charge in [-0.3, -0.25) is 0 Å². The van der Waals surface area contributed by atoms with E-state index in [-0.39, 0.29) is 12.1 Å². The number of amides is 2. The molecule has 5 nitrogen and oxygen atoms in total. The third-order valence-corrected chi connectivity index (χ3v) is 4.98. The number of hydrogen-bond donors (Lipinski definition) is 2. The molecule has 0 atom stereocenters. The maximum Gasteiger partial charge on any atom is 0.315 e. The maximum atomic E-state index is 12.0. The summed E-state index contributed by atoms with van der Waals surface area (Å²) in [5.41, 5.74) is 2.26. The molecular weight excluding hydrogens is 308 g/mol. The Morgan fingerprint density at radius 1 is 1.30 bits per heavy atom. The van der Waals surface area contributed by atoms with Crippen molar-refractivity contribution in [2.24, 2.45) is 0 Å². The van der Waals surface area contributed by atoms with Crippen molar-refractivity contribution in [3.8, 4) is 0 Å². The Labute approximate surface area is 140 Å². The van der Waals surface area contributed by atoms with Crippen LogP contribution in [0.5, 0.6) is 0 Å². The number of thiazole rings is 1. The second kappa shape index (κ2) is 7.46. The van der Waals surface area contributed by atoms with Gasteiger partial charge >= 0.3 is 6.03 Å². The number of anilines is 1. The molecule has 1 aromatic heterocycles. The quantitative estimate of drug-likeness (QED) is 0.906. The van der Waals surface area contributed by atoms with Gasteiger partial charge in [-0.05, 0) is 31.9 Å². The molecule has 0 radical (unpaired) electrons. The van der Waals surface area contributed by atoms with Crippen molar-refractivity contribution in [3.63, 3.8) is 0 Å². The number of nitrogens with zero attached hydrogens (tertiary/aromatic N) is 2. The van der Waals surface area contributed by atoms with Crippen LogP contribution in [0.15, 0.2) is 35.7 Å². The summed E-state index contributed by atoms with van der Waals surface area (Å²) in [6.45, 7) is 4.40. The summed E-state index contributed by atoms with van der Waals surface area (Å²) in [4.78, 5) is 18.7. The zero-order chi connectivity index (χ0) is 16.1. The van der Waals surface area contributed by atoms with Gasteiger partial charge in [-0.15, -0.1) is 11.3 Å². The van der Waals surface area contributed by atoms with Gasteiger partial charge in [-0.1, -0.05) is 18.2 Å². The number of carbonyl (C=O) groups is 1. The van der Waals surface area contributed by atoms with Crippen molar-refractivity contribution in [2.45, 2.75) is 32.4 Å². The van der Waals surface area contributed by atoms with Gasteiger partial charge in [0.05, 0.1) is 6.54 Å². The molecule has 122 valence electrons. The predicted molar refractivity (Wildman–Crippen MR) is 93.9 cm³/mol. The van der Waals surface area contributed by atoms with Gasteiger partial charge in [-0.25, -0.2) is 9.78 Å². The van der Waals surface area contributed by atoms with Crippen molar-refractivity contribution in [1.29, 1.82) is 0 Å². The second-order valence-corrected chi connectivity index (χ2v) is 6.75. The van der Waals surface area contributed by atoms with E-state index >= 15 is 0 Å². The molecule has 1 fully saturated rings. The summed E-state index contributed by atoms with van der Waals surface area (Å²) in [6.07, 6.45) is 1.94. The minimum absolute atomic E-state index is 0.101. The van der Waals surface area contributed by atoms with Crippen LogP contribution >= 0.6 is 11.3 Å². The van der Waals surface area contributed by atoms with E-state index in [4.69, 9.17) is 0 Å². The average molecular weight is 330 g/mol. The predicted octanol–water partition coefficient (Wildman–Crippen LogP) is 2.92. The van der Waals surface area contributed by atoms with E-state index in [1.807, 2.05) is 18.4 Å². The zero-order valence-corrected chi connectivity index (χ0v) is 14.1. The van der Waals surface area contributed by atoms with Crippen LogP contribution in [-0.4, -0.2) is 30.1 Å². The third-order valence-electron chi connectivity index (χ3n) is 4.02. The van der Waals surface area contributed by atoms with E-state index in [0.29, 0.717) is 6.54 Å². The first-order valence-corrected chi connectivity index (χ1v) is 8.84. The highest BCUT2D eigenvalue weighted by molar-refractivity contribution is 7.09. The van der Waals surface area contributed by atoms with Gasteiger partial charge in [0.25, 0.3) is 0 Å². The van der Waals surface area contributed by atoms with Crippen LogP contribution in [0.1, 0.15) is 23.5 Å². The number of aryl methyl sites for hydroxylation is 1. The number of para-hydroxylation sites is 1. The smallest absolute Gasteiger partial charge is 0.315 e. The Morgan fingerprint density at radius 3 is 2.70 bits per heavy atom. The number of hydrogen-bond acceptors (Lipinski definition) is 4. The number of nitrogens with one attached hydrogen (secondary N) is 2. The summed E-state index contributed by atoms with van der Waals surface area (Å²) in [5.74, 6) is 0. The van der Waals surface area contributed by atoms with Gasteiger partial charge in [0, 0.05) is 35.9 Å². The second-order valence-electron chi connectivity index (χ2n) is 5.81. The fraction of sp³-hybridized carbons (Fsp3) is 0.412. The van der Waals surface area contributed by atoms with Crippen LogP contribution in [0.25, 0.3) is 0 Å². The Kier molecular flexibility index (Phi) is 5.12. The van der Waals surface area contributed by atoms with Crippen LogP contribution in [0, 0.1) is 6.92 Å². The summed E-state index contributed by atoms with van der Waals surface area (Å²) in [5, 5.41) is 8.89. The lowest BCUT2D eigenvalue weighted by Crippen LogP contribution is -2.47. The standard InChI is InChI=1S/C17H22N4OS/c1-13-12-23-16(19-13)11-18-17(22)20-14-7-9-21(10-8-14)15-5-3-2-4-6-15/h2-6,12,14H,7-11H2,1H3,(H2,18,20,22). The highest BCUT2D eigenvalue weighted by atomic mass is 32.1. The highest BCUT2D eigenvalue weighted by Crippen LogP contribution is 2.19. The van der Waals surface area contributed by atoms with Gasteiger partial charge in [0.15, 0.2) is 0 Å². The molecule has 6 heteroatoms. The van der Waals surface area contributed by atoms with Crippen molar-refractivity contribution in [3.05, 3.63) is 46.4 Å². The largest absolute Gasteiger partial charge is 0.371 e. The molecule has 0 unspecified atom stereocenters. The van der Waals surface area contributed by atoms with Crippen LogP contribution in [0.4, 0.5) is 10.5 Å². The first-order valence-electron chi connectivity index (χ1n) is 7.96. The topological polar surface area (TPSA) is 57.3 Å². The molecule has 2 heterocycles. The molecule has 1 aromatic carbocycles. The lowest BCUT2D eigenvalue weighted by molar-refractivity contribution is 0.234. The fourth-order valence-corrected chi connectivity index (χ4v) is 3.51. The lowest BCUT2D eigenvalue weighted by atomic mass is 10.0. The Balaban J connectivity index is 1.41. The average Bonchev–Trinajstić information content (AvgIpc) is 3.00. The summed E-state index contributed by atoms with van der Waals surface area (Å²) in [6, 6.07) is 10.6. The lowest BCUT2D eigenvalue weighted by Gasteiger charge is -2.33. The van der Waals surface area contributed by atoms with E-state index < -0.39 is 0 Å². The Bertz CT molecular complexity index is 635. The first kappa shape index (κ1) is 15.8. The molecule has 1 aliphatic rings. The monoisotopic (exact) mass is 330 g/mol. The summed E-state index contributed by atoms with van der Waals surface area (Å²) in [7, 11) is 0. The van der Waals surface area contributed by atoms with Crippen molar-refractivity contribution in [2.75, 3.05) is 18.0 Å². The zero-order valence-electron chi connectivity index (χ0n) is 13.3. The van der Waals surface area contributed by atoms with Crippen LogP contribution in [0.2, 0.25) is 0 Å². The Hall–Kier alpha value is -2.08. The molecule has 2 amide bonds. The molecule has 3 rings (SSSR count). The highest BCUT2D eigenvalue weighted by Gasteiger charge is 2.20. The molecule has 2 aromatic rings. The summed E-state index contributed by atoms with van der Waals surface area (Å²) >= 11 is 1.58. The minimum atomic E-state index is -0.101. The van der Waals surface area contributed by atoms with E-state index in [1.165, 1.54) is 5.69 Å². The molecule has 1 saturated heterocycles. The number of aromatic nitrogens is 1. The SMILES string of the molecule is Cc1csc(CNC(=O)NC2CCN(c3ccccc3)CC2)n1.